The van der Waals surface area contributed by atoms with E-state index >= 15 is 0 Å². The lowest BCUT2D eigenvalue weighted by Crippen LogP contribution is -2.37. The number of phenolic OH excluding ortho intramolecular Hbond substituents is 1. The summed E-state index contributed by atoms with van der Waals surface area (Å²) in [5, 5.41) is 12.0. The first-order chi connectivity index (χ1) is 10.8. The molecule has 2 aromatic rings. The normalized spacial score (nSPS) is 14.7. The topological polar surface area (TPSA) is 49.8 Å². The Hall–Kier alpha value is -2.23. The Bertz CT molecular complexity index is 729. The number of carbonyl (C=O) groups is 1. The number of nitrogens with zero attached hydrogens (tertiary/aromatic N) is 1. The zero-order valence-corrected chi connectivity index (χ0v) is 13.9. The van der Waals surface area contributed by atoms with Gasteiger partial charge in [0.15, 0.2) is 0 Å². The van der Waals surface area contributed by atoms with Crippen molar-refractivity contribution in [3.8, 4) is 5.75 Å². The average Bonchev–Trinajstić information content (AvgIpc) is 3.27. The largest absolute Gasteiger partial charge is 0.507 e. The molecule has 4 heteroatoms. The Labute approximate surface area is 136 Å². The first-order valence-corrected chi connectivity index (χ1v) is 8.04. The van der Waals surface area contributed by atoms with Gasteiger partial charge in [-0.25, -0.2) is 4.79 Å². The fraction of sp³-hybridized carbons (Fsp3) is 0.421. The summed E-state index contributed by atoms with van der Waals surface area (Å²) in [6.45, 7) is 6.07. The smallest absolute Gasteiger partial charge is 0.410 e. The Morgan fingerprint density at radius 2 is 1.96 bits per heavy atom. The SMILES string of the molecule is CC(C)(C)OC(=O)N(Cc1cc(O)c2ccccc2c1)C1CC1. The van der Waals surface area contributed by atoms with Crippen molar-refractivity contribution >= 4 is 16.9 Å². The first kappa shape index (κ1) is 15.7. The predicted octanol–water partition coefficient (Wildman–Crippen LogP) is 4.44. The molecule has 0 bridgehead atoms. The van der Waals surface area contributed by atoms with E-state index in [1.807, 2.05) is 51.1 Å². The van der Waals surface area contributed by atoms with Crippen LogP contribution in [0.25, 0.3) is 10.8 Å². The van der Waals surface area contributed by atoms with Crippen molar-refractivity contribution in [3.05, 3.63) is 42.0 Å². The Morgan fingerprint density at radius 1 is 1.26 bits per heavy atom. The number of rotatable bonds is 3. The van der Waals surface area contributed by atoms with Crippen LogP contribution in [0.4, 0.5) is 4.79 Å². The van der Waals surface area contributed by atoms with E-state index in [1.165, 1.54) is 0 Å². The average molecular weight is 313 g/mol. The number of ether oxygens (including phenoxy) is 1. The van der Waals surface area contributed by atoms with Crippen LogP contribution < -0.4 is 0 Å². The molecular formula is C19H23NO3. The minimum Gasteiger partial charge on any atom is -0.507 e. The summed E-state index contributed by atoms with van der Waals surface area (Å²) < 4.78 is 5.52. The maximum absolute atomic E-state index is 12.4. The molecular weight excluding hydrogens is 290 g/mol. The number of hydrogen-bond acceptors (Lipinski definition) is 3. The third-order valence-electron chi connectivity index (χ3n) is 3.87. The minimum atomic E-state index is -0.504. The number of phenols is 1. The van der Waals surface area contributed by atoms with Crippen LogP contribution in [-0.2, 0) is 11.3 Å². The molecule has 2 aromatic carbocycles. The van der Waals surface area contributed by atoms with Crippen LogP contribution in [0.5, 0.6) is 5.75 Å². The van der Waals surface area contributed by atoms with Crippen molar-refractivity contribution < 1.29 is 14.6 Å². The summed E-state index contributed by atoms with van der Waals surface area (Å²) >= 11 is 0. The highest BCUT2D eigenvalue weighted by molar-refractivity contribution is 5.88. The van der Waals surface area contributed by atoms with Gasteiger partial charge in [-0.15, -0.1) is 0 Å². The lowest BCUT2D eigenvalue weighted by Gasteiger charge is -2.27. The molecule has 0 atom stereocenters. The predicted molar refractivity (Wildman–Crippen MR) is 90.4 cm³/mol. The molecule has 1 aliphatic carbocycles. The maximum Gasteiger partial charge on any atom is 0.410 e. The van der Waals surface area contributed by atoms with E-state index in [9.17, 15) is 9.90 Å². The molecule has 0 spiro atoms. The molecule has 1 saturated carbocycles. The summed E-state index contributed by atoms with van der Waals surface area (Å²) in [6.07, 6.45) is 1.74. The van der Waals surface area contributed by atoms with Gasteiger partial charge in [-0.1, -0.05) is 24.3 Å². The van der Waals surface area contributed by atoms with Gasteiger partial charge in [0.05, 0.1) is 0 Å². The molecule has 0 saturated heterocycles. The molecule has 0 aliphatic heterocycles. The van der Waals surface area contributed by atoms with Gasteiger partial charge in [0.25, 0.3) is 0 Å². The van der Waals surface area contributed by atoms with Crippen LogP contribution in [0.2, 0.25) is 0 Å². The van der Waals surface area contributed by atoms with Crippen LogP contribution in [-0.4, -0.2) is 27.7 Å². The van der Waals surface area contributed by atoms with Crippen LogP contribution in [0.1, 0.15) is 39.2 Å². The first-order valence-electron chi connectivity index (χ1n) is 8.04. The molecule has 4 nitrogen and oxygen atoms in total. The number of carbonyl (C=O) groups excluding carboxylic acids is 1. The molecule has 23 heavy (non-hydrogen) atoms. The van der Waals surface area contributed by atoms with Crippen molar-refractivity contribution in [2.45, 2.75) is 51.8 Å². The molecule has 1 amide bonds. The summed E-state index contributed by atoms with van der Waals surface area (Å²) in [5.74, 6) is 0.248. The molecule has 0 aromatic heterocycles. The fourth-order valence-electron chi connectivity index (χ4n) is 2.69. The van der Waals surface area contributed by atoms with E-state index in [-0.39, 0.29) is 17.9 Å². The van der Waals surface area contributed by atoms with E-state index in [4.69, 9.17) is 4.74 Å². The molecule has 1 aliphatic rings. The van der Waals surface area contributed by atoms with Gasteiger partial charge in [-0.2, -0.15) is 0 Å². The van der Waals surface area contributed by atoms with Gasteiger partial charge in [0, 0.05) is 18.0 Å². The van der Waals surface area contributed by atoms with E-state index in [2.05, 4.69) is 0 Å². The van der Waals surface area contributed by atoms with Gasteiger partial charge in [-0.3, -0.25) is 0 Å². The van der Waals surface area contributed by atoms with Gasteiger partial charge in [0.2, 0.25) is 0 Å². The van der Waals surface area contributed by atoms with E-state index in [0.717, 1.165) is 29.2 Å². The zero-order chi connectivity index (χ0) is 16.6. The molecule has 122 valence electrons. The monoisotopic (exact) mass is 313 g/mol. The van der Waals surface area contributed by atoms with Crippen LogP contribution in [0.15, 0.2) is 36.4 Å². The highest BCUT2D eigenvalue weighted by atomic mass is 16.6. The van der Waals surface area contributed by atoms with Gasteiger partial charge in [-0.05, 0) is 56.7 Å². The molecule has 1 fully saturated rings. The van der Waals surface area contributed by atoms with Crippen molar-refractivity contribution in [3.63, 3.8) is 0 Å². The highest BCUT2D eigenvalue weighted by Gasteiger charge is 2.35. The van der Waals surface area contributed by atoms with E-state index in [0.29, 0.717) is 6.54 Å². The summed E-state index contributed by atoms with van der Waals surface area (Å²) in [7, 11) is 0. The lowest BCUT2D eigenvalue weighted by molar-refractivity contribution is 0.0216. The third kappa shape index (κ3) is 3.76. The van der Waals surface area contributed by atoms with Gasteiger partial charge < -0.3 is 14.7 Å². The highest BCUT2D eigenvalue weighted by Crippen LogP contribution is 2.32. The Kier molecular flexibility index (Phi) is 3.92. The Balaban J connectivity index is 1.84. The second-order valence-electron chi connectivity index (χ2n) is 7.18. The molecule has 0 heterocycles. The van der Waals surface area contributed by atoms with Gasteiger partial charge >= 0.3 is 6.09 Å². The van der Waals surface area contributed by atoms with Crippen molar-refractivity contribution in [1.29, 1.82) is 0 Å². The van der Waals surface area contributed by atoms with Crippen molar-refractivity contribution in [1.82, 2.24) is 4.90 Å². The number of aromatic hydroxyl groups is 1. The number of benzene rings is 2. The zero-order valence-electron chi connectivity index (χ0n) is 13.9. The van der Waals surface area contributed by atoms with Crippen LogP contribution >= 0.6 is 0 Å². The third-order valence-corrected chi connectivity index (χ3v) is 3.87. The van der Waals surface area contributed by atoms with E-state index in [1.54, 1.807) is 11.0 Å². The fourth-order valence-corrected chi connectivity index (χ4v) is 2.69. The summed E-state index contributed by atoms with van der Waals surface area (Å²) in [4.78, 5) is 14.2. The van der Waals surface area contributed by atoms with E-state index < -0.39 is 5.60 Å². The van der Waals surface area contributed by atoms with Crippen molar-refractivity contribution in [2.75, 3.05) is 0 Å². The standard InChI is InChI=1S/C19H23NO3/c1-19(2,3)23-18(22)20(15-8-9-15)12-13-10-14-6-4-5-7-16(14)17(21)11-13/h4-7,10-11,15,21H,8-9,12H2,1-3H3. The van der Waals surface area contributed by atoms with Gasteiger partial charge in [0.1, 0.15) is 11.4 Å². The minimum absolute atomic E-state index is 0.248. The molecule has 0 unspecified atom stereocenters. The number of amides is 1. The maximum atomic E-state index is 12.4. The van der Waals surface area contributed by atoms with Crippen LogP contribution in [0.3, 0.4) is 0 Å². The molecule has 1 N–H and O–H groups in total. The number of hydrogen-bond donors (Lipinski definition) is 1. The summed E-state index contributed by atoms with van der Waals surface area (Å²) in [5.41, 5.74) is 0.411. The second kappa shape index (κ2) is 5.76. The Morgan fingerprint density at radius 3 is 2.61 bits per heavy atom. The molecule has 0 radical (unpaired) electrons. The number of fused-ring (bicyclic) bond motifs is 1. The lowest BCUT2D eigenvalue weighted by atomic mass is 10.1. The summed E-state index contributed by atoms with van der Waals surface area (Å²) in [6, 6.07) is 11.7. The van der Waals surface area contributed by atoms with Crippen molar-refractivity contribution in [2.24, 2.45) is 0 Å². The van der Waals surface area contributed by atoms with Crippen LogP contribution in [0, 0.1) is 0 Å². The quantitative estimate of drug-likeness (QED) is 0.911. The second-order valence-corrected chi connectivity index (χ2v) is 7.18. The molecule has 3 rings (SSSR count).